The van der Waals surface area contributed by atoms with Crippen molar-refractivity contribution in [2.75, 3.05) is 13.1 Å². The van der Waals surface area contributed by atoms with Crippen molar-refractivity contribution in [3.05, 3.63) is 34.9 Å². The van der Waals surface area contributed by atoms with Crippen LogP contribution >= 0.6 is 11.6 Å². The Bertz CT molecular complexity index is 399. The van der Waals surface area contributed by atoms with E-state index in [0.29, 0.717) is 6.42 Å². The van der Waals surface area contributed by atoms with Gasteiger partial charge < -0.3 is 0 Å². The lowest BCUT2D eigenvalue weighted by Gasteiger charge is -2.27. The number of likely N-dealkylation sites (tertiary alicyclic amines) is 1. The molecule has 0 amide bonds. The first-order valence-corrected chi connectivity index (χ1v) is 6.53. The molecule has 0 bridgehead atoms. The molecule has 1 aromatic rings. The van der Waals surface area contributed by atoms with Crippen LogP contribution in [0.4, 0.5) is 0 Å². The minimum Gasteiger partial charge on any atom is -0.300 e. The van der Waals surface area contributed by atoms with Crippen LogP contribution in [0, 0.1) is 0 Å². The second-order valence-electron chi connectivity index (χ2n) is 4.72. The highest BCUT2D eigenvalue weighted by atomic mass is 35.5. The number of ketones is 1. The monoisotopic (exact) mass is 251 g/mol. The predicted molar refractivity (Wildman–Crippen MR) is 70.3 cm³/mol. The number of carbonyl (C=O) groups excluding carboxylic acids is 1. The lowest BCUT2D eigenvalue weighted by molar-refractivity contribution is -0.118. The van der Waals surface area contributed by atoms with Gasteiger partial charge in [-0.3, -0.25) is 9.69 Å². The molecule has 1 fully saturated rings. The molecule has 2 nitrogen and oxygen atoms in total. The highest BCUT2D eigenvalue weighted by Crippen LogP contribution is 2.29. The van der Waals surface area contributed by atoms with Gasteiger partial charge in [0.1, 0.15) is 5.78 Å². The molecule has 92 valence electrons. The van der Waals surface area contributed by atoms with Gasteiger partial charge in [-0.25, -0.2) is 0 Å². The van der Waals surface area contributed by atoms with Crippen molar-refractivity contribution in [1.82, 2.24) is 4.90 Å². The first-order chi connectivity index (χ1) is 8.16. The minimum atomic E-state index is 0.202. The SMILES string of the molecule is CC(=O)CC(c1cccc(Cl)c1)N1CCCC1. The van der Waals surface area contributed by atoms with E-state index in [1.807, 2.05) is 18.2 Å². The lowest BCUT2D eigenvalue weighted by atomic mass is 10.0. The van der Waals surface area contributed by atoms with Gasteiger partial charge in [0.25, 0.3) is 0 Å². The molecule has 2 rings (SSSR count). The molecule has 1 heterocycles. The summed E-state index contributed by atoms with van der Waals surface area (Å²) in [7, 11) is 0. The van der Waals surface area contributed by atoms with Gasteiger partial charge in [-0.15, -0.1) is 0 Å². The van der Waals surface area contributed by atoms with E-state index in [9.17, 15) is 4.79 Å². The van der Waals surface area contributed by atoms with Gasteiger partial charge in [0.15, 0.2) is 0 Å². The quantitative estimate of drug-likeness (QED) is 0.817. The van der Waals surface area contributed by atoms with Crippen LogP contribution in [-0.2, 0) is 4.79 Å². The van der Waals surface area contributed by atoms with Crippen LogP contribution in [0.3, 0.4) is 0 Å². The average Bonchev–Trinajstić information content (AvgIpc) is 2.79. The molecule has 0 saturated carbocycles. The van der Waals surface area contributed by atoms with Crippen LogP contribution in [0.5, 0.6) is 0 Å². The summed E-state index contributed by atoms with van der Waals surface area (Å²) in [6.07, 6.45) is 3.05. The van der Waals surface area contributed by atoms with Crippen molar-refractivity contribution < 1.29 is 4.79 Å². The third kappa shape index (κ3) is 3.30. The van der Waals surface area contributed by atoms with Crippen LogP contribution in [0.15, 0.2) is 24.3 Å². The maximum Gasteiger partial charge on any atom is 0.131 e. The molecule has 1 atom stereocenters. The second kappa shape index (κ2) is 5.65. The summed E-state index contributed by atoms with van der Waals surface area (Å²) in [5.74, 6) is 0.238. The van der Waals surface area contributed by atoms with E-state index in [0.717, 1.165) is 23.7 Å². The molecular formula is C14H18ClNO. The van der Waals surface area contributed by atoms with Crippen molar-refractivity contribution >= 4 is 17.4 Å². The topological polar surface area (TPSA) is 20.3 Å². The largest absolute Gasteiger partial charge is 0.300 e. The smallest absolute Gasteiger partial charge is 0.131 e. The number of halogens is 1. The Hall–Kier alpha value is -0.860. The third-order valence-electron chi connectivity index (χ3n) is 3.30. The normalized spacial score (nSPS) is 18.2. The fourth-order valence-corrected chi connectivity index (χ4v) is 2.70. The third-order valence-corrected chi connectivity index (χ3v) is 3.53. The molecule has 0 radical (unpaired) electrons. The predicted octanol–water partition coefficient (Wildman–Crippen LogP) is 3.46. The number of hydrogen-bond acceptors (Lipinski definition) is 2. The molecule has 1 aromatic carbocycles. The summed E-state index contributed by atoms with van der Waals surface area (Å²) in [4.78, 5) is 13.8. The van der Waals surface area contributed by atoms with E-state index in [1.165, 1.54) is 12.8 Å². The molecule has 17 heavy (non-hydrogen) atoms. The molecule has 1 unspecified atom stereocenters. The highest BCUT2D eigenvalue weighted by molar-refractivity contribution is 6.30. The summed E-state index contributed by atoms with van der Waals surface area (Å²) in [5, 5.41) is 0.746. The Kier molecular flexibility index (Phi) is 4.19. The Balaban J connectivity index is 2.22. The Labute approximate surface area is 108 Å². The molecular weight excluding hydrogens is 234 g/mol. The highest BCUT2D eigenvalue weighted by Gasteiger charge is 2.24. The van der Waals surface area contributed by atoms with Crippen molar-refractivity contribution in [1.29, 1.82) is 0 Å². The Morgan fingerprint density at radius 1 is 1.41 bits per heavy atom. The van der Waals surface area contributed by atoms with Crippen molar-refractivity contribution in [2.45, 2.75) is 32.2 Å². The summed E-state index contributed by atoms with van der Waals surface area (Å²) < 4.78 is 0. The molecule has 3 heteroatoms. The van der Waals surface area contributed by atoms with Gasteiger partial charge in [-0.2, -0.15) is 0 Å². The Morgan fingerprint density at radius 3 is 2.71 bits per heavy atom. The van der Waals surface area contributed by atoms with Crippen LogP contribution < -0.4 is 0 Å². The van der Waals surface area contributed by atoms with E-state index < -0.39 is 0 Å². The number of rotatable bonds is 4. The fourth-order valence-electron chi connectivity index (χ4n) is 2.50. The number of benzene rings is 1. The van der Waals surface area contributed by atoms with E-state index in [-0.39, 0.29) is 11.8 Å². The number of carbonyl (C=O) groups is 1. The molecule has 0 aromatic heterocycles. The molecule has 1 aliphatic heterocycles. The van der Waals surface area contributed by atoms with Gasteiger partial charge >= 0.3 is 0 Å². The number of hydrogen-bond donors (Lipinski definition) is 0. The molecule has 0 N–H and O–H groups in total. The first-order valence-electron chi connectivity index (χ1n) is 6.16. The standard InChI is InChI=1S/C14H18ClNO/c1-11(17)9-14(16-7-2-3-8-16)12-5-4-6-13(15)10-12/h4-6,10,14H,2-3,7-9H2,1H3. The fraction of sp³-hybridized carbons (Fsp3) is 0.500. The van der Waals surface area contributed by atoms with E-state index in [2.05, 4.69) is 11.0 Å². The zero-order valence-corrected chi connectivity index (χ0v) is 10.9. The second-order valence-corrected chi connectivity index (χ2v) is 5.16. The van der Waals surface area contributed by atoms with Gasteiger partial charge in [0.05, 0.1) is 0 Å². The maximum absolute atomic E-state index is 11.4. The zero-order valence-electron chi connectivity index (χ0n) is 10.2. The minimum absolute atomic E-state index is 0.202. The summed E-state index contributed by atoms with van der Waals surface area (Å²) in [6, 6.07) is 8.08. The Morgan fingerprint density at radius 2 is 2.12 bits per heavy atom. The molecule has 0 spiro atoms. The van der Waals surface area contributed by atoms with E-state index in [4.69, 9.17) is 11.6 Å². The van der Waals surface area contributed by atoms with Crippen LogP contribution in [0.1, 0.15) is 37.8 Å². The number of Topliss-reactive ketones (excluding diaryl/α,β-unsaturated/α-hetero) is 1. The molecule has 0 aliphatic carbocycles. The summed E-state index contributed by atoms with van der Waals surface area (Å²) >= 11 is 6.03. The van der Waals surface area contributed by atoms with Crippen molar-refractivity contribution in [3.8, 4) is 0 Å². The number of nitrogens with zero attached hydrogens (tertiary/aromatic N) is 1. The van der Waals surface area contributed by atoms with Gasteiger partial charge in [-0.05, 0) is 50.6 Å². The summed E-state index contributed by atoms with van der Waals surface area (Å²) in [6.45, 7) is 3.84. The van der Waals surface area contributed by atoms with Gasteiger partial charge in [0, 0.05) is 17.5 Å². The van der Waals surface area contributed by atoms with Crippen LogP contribution in [-0.4, -0.2) is 23.8 Å². The van der Waals surface area contributed by atoms with E-state index in [1.54, 1.807) is 6.92 Å². The van der Waals surface area contributed by atoms with E-state index >= 15 is 0 Å². The van der Waals surface area contributed by atoms with Gasteiger partial charge in [-0.1, -0.05) is 23.7 Å². The van der Waals surface area contributed by atoms with Gasteiger partial charge in [0.2, 0.25) is 0 Å². The zero-order chi connectivity index (χ0) is 12.3. The lowest BCUT2D eigenvalue weighted by Crippen LogP contribution is -2.27. The van der Waals surface area contributed by atoms with Crippen molar-refractivity contribution in [3.63, 3.8) is 0 Å². The molecule has 1 aliphatic rings. The van der Waals surface area contributed by atoms with Crippen LogP contribution in [0.2, 0.25) is 5.02 Å². The van der Waals surface area contributed by atoms with Crippen LogP contribution in [0.25, 0.3) is 0 Å². The van der Waals surface area contributed by atoms with Crippen molar-refractivity contribution in [2.24, 2.45) is 0 Å². The summed E-state index contributed by atoms with van der Waals surface area (Å²) in [5.41, 5.74) is 1.16. The first kappa shape index (κ1) is 12.6. The maximum atomic E-state index is 11.4. The molecule has 1 saturated heterocycles. The average molecular weight is 252 g/mol.